The third kappa shape index (κ3) is 5.94. The fraction of sp³-hybridized carbons (Fsp3) is 0.292. The highest BCUT2D eigenvalue weighted by Crippen LogP contribution is 2.30. The van der Waals surface area contributed by atoms with Crippen LogP contribution in [0.3, 0.4) is 0 Å². The van der Waals surface area contributed by atoms with E-state index in [9.17, 15) is 9.59 Å². The zero-order chi connectivity index (χ0) is 22.2. The zero-order valence-corrected chi connectivity index (χ0v) is 17.9. The lowest BCUT2D eigenvalue weighted by molar-refractivity contribution is -0.129. The van der Waals surface area contributed by atoms with Crippen LogP contribution in [0.2, 0.25) is 0 Å². The number of carbonyl (C=O) groups is 2. The Kier molecular flexibility index (Phi) is 7.43. The second-order valence-electron chi connectivity index (χ2n) is 6.94. The van der Waals surface area contributed by atoms with Crippen LogP contribution < -0.4 is 14.8 Å². The van der Waals surface area contributed by atoms with Crippen molar-refractivity contribution in [3.63, 3.8) is 0 Å². The SMILES string of the molecule is CCCCOc1ccc(/C=C2\N=C(c3ccc(NC(C)=O)cc3)OC2=O)cc1OCC. The second kappa shape index (κ2) is 10.4. The first kappa shape index (κ1) is 22.1. The number of rotatable bonds is 9. The Morgan fingerprint density at radius 2 is 1.87 bits per heavy atom. The molecule has 1 N–H and O–H groups in total. The lowest BCUT2D eigenvalue weighted by Crippen LogP contribution is -2.07. The number of unbranched alkanes of at least 4 members (excludes halogenated alkanes) is 1. The molecule has 1 aliphatic rings. The van der Waals surface area contributed by atoms with Crippen LogP contribution in [0.15, 0.2) is 53.2 Å². The van der Waals surface area contributed by atoms with E-state index in [-0.39, 0.29) is 17.5 Å². The molecule has 162 valence electrons. The molecule has 0 aliphatic carbocycles. The van der Waals surface area contributed by atoms with Crippen LogP contribution >= 0.6 is 0 Å². The van der Waals surface area contributed by atoms with Gasteiger partial charge < -0.3 is 19.5 Å². The van der Waals surface area contributed by atoms with Crippen LogP contribution in [0.5, 0.6) is 11.5 Å². The van der Waals surface area contributed by atoms with Crippen LogP contribution in [0.1, 0.15) is 44.7 Å². The number of amides is 1. The predicted octanol–water partition coefficient (Wildman–Crippen LogP) is 4.57. The van der Waals surface area contributed by atoms with Gasteiger partial charge in [0.15, 0.2) is 17.2 Å². The summed E-state index contributed by atoms with van der Waals surface area (Å²) in [6.07, 6.45) is 3.67. The summed E-state index contributed by atoms with van der Waals surface area (Å²) in [5.74, 6) is 0.833. The predicted molar refractivity (Wildman–Crippen MR) is 119 cm³/mol. The van der Waals surface area contributed by atoms with Crippen LogP contribution in [0.25, 0.3) is 6.08 Å². The van der Waals surface area contributed by atoms with Gasteiger partial charge in [-0.3, -0.25) is 4.79 Å². The number of anilines is 1. The first-order valence-corrected chi connectivity index (χ1v) is 10.3. The van der Waals surface area contributed by atoms with E-state index in [1.807, 2.05) is 25.1 Å². The van der Waals surface area contributed by atoms with Gasteiger partial charge in [0.1, 0.15) is 0 Å². The van der Waals surface area contributed by atoms with Gasteiger partial charge in [-0.15, -0.1) is 0 Å². The Morgan fingerprint density at radius 1 is 1.10 bits per heavy atom. The average molecular weight is 422 g/mol. The molecule has 0 fully saturated rings. The maximum atomic E-state index is 12.3. The number of hydrogen-bond acceptors (Lipinski definition) is 6. The summed E-state index contributed by atoms with van der Waals surface area (Å²) in [7, 11) is 0. The third-order valence-electron chi connectivity index (χ3n) is 4.40. The van der Waals surface area contributed by atoms with Gasteiger partial charge in [-0.1, -0.05) is 19.4 Å². The summed E-state index contributed by atoms with van der Waals surface area (Å²) < 4.78 is 16.8. The van der Waals surface area contributed by atoms with Gasteiger partial charge in [-0.05, 0) is 61.4 Å². The van der Waals surface area contributed by atoms with E-state index < -0.39 is 5.97 Å². The Hall–Kier alpha value is -3.61. The molecule has 0 aromatic heterocycles. The van der Waals surface area contributed by atoms with Crippen molar-refractivity contribution in [3.05, 3.63) is 59.3 Å². The summed E-state index contributed by atoms with van der Waals surface area (Å²) in [4.78, 5) is 27.8. The summed E-state index contributed by atoms with van der Waals surface area (Å²) in [5.41, 5.74) is 2.24. The van der Waals surface area contributed by atoms with Crippen LogP contribution in [0.4, 0.5) is 5.69 Å². The van der Waals surface area contributed by atoms with Crippen molar-refractivity contribution in [3.8, 4) is 11.5 Å². The largest absolute Gasteiger partial charge is 0.490 e. The summed E-state index contributed by atoms with van der Waals surface area (Å²) in [6.45, 7) is 6.58. The number of nitrogens with one attached hydrogen (secondary N) is 1. The van der Waals surface area contributed by atoms with Crippen molar-refractivity contribution >= 4 is 29.5 Å². The Bertz CT molecular complexity index is 1010. The first-order valence-electron chi connectivity index (χ1n) is 10.3. The molecule has 2 aromatic rings. The Balaban J connectivity index is 1.80. The lowest BCUT2D eigenvalue weighted by Gasteiger charge is -2.12. The molecule has 1 amide bonds. The van der Waals surface area contributed by atoms with Crippen molar-refractivity contribution in [2.45, 2.75) is 33.6 Å². The molecule has 7 heteroatoms. The standard InChI is InChI=1S/C24H26N2O5/c1-4-6-13-30-21-12-7-17(15-22(21)29-5-2)14-20-24(28)31-23(26-20)18-8-10-19(11-9-18)25-16(3)27/h7-12,14-15H,4-6,13H2,1-3H3,(H,25,27)/b20-14-. The zero-order valence-electron chi connectivity index (χ0n) is 17.9. The molecule has 0 atom stereocenters. The summed E-state index contributed by atoms with van der Waals surface area (Å²) >= 11 is 0. The van der Waals surface area contributed by atoms with E-state index >= 15 is 0 Å². The monoisotopic (exact) mass is 422 g/mol. The van der Waals surface area contributed by atoms with Gasteiger partial charge in [-0.25, -0.2) is 9.79 Å². The Labute approximate surface area is 181 Å². The molecular formula is C24H26N2O5. The van der Waals surface area contributed by atoms with Gasteiger partial charge in [0.05, 0.1) is 13.2 Å². The van der Waals surface area contributed by atoms with Crippen molar-refractivity contribution in [1.29, 1.82) is 0 Å². The van der Waals surface area contributed by atoms with E-state index in [1.54, 1.807) is 30.3 Å². The molecule has 1 aliphatic heterocycles. The van der Waals surface area contributed by atoms with E-state index in [0.717, 1.165) is 18.4 Å². The molecule has 7 nitrogen and oxygen atoms in total. The number of nitrogens with zero attached hydrogens (tertiary/aromatic N) is 1. The minimum absolute atomic E-state index is 0.157. The van der Waals surface area contributed by atoms with Gasteiger partial charge in [0.25, 0.3) is 0 Å². The van der Waals surface area contributed by atoms with E-state index in [4.69, 9.17) is 14.2 Å². The van der Waals surface area contributed by atoms with Crippen molar-refractivity contribution in [2.75, 3.05) is 18.5 Å². The van der Waals surface area contributed by atoms with Gasteiger partial charge in [0.2, 0.25) is 11.8 Å². The fourth-order valence-corrected chi connectivity index (χ4v) is 2.92. The number of esters is 1. The average Bonchev–Trinajstić information content (AvgIpc) is 3.10. The molecule has 0 bridgehead atoms. The maximum absolute atomic E-state index is 12.3. The molecule has 0 spiro atoms. The topological polar surface area (TPSA) is 86.2 Å². The molecule has 0 saturated heterocycles. The van der Waals surface area contributed by atoms with Crippen LogP contribution in [-0.2, 0) is 14.3 Å². The molecule has 0 saturated carbocycles. The van der Waals surface area contributed by atoms with Crippen molar-refractivity contribution < 1.29 is 23.8 Å². The first-order chi connectivity index (χ1) is 15.0. The maximum Gasteiger partial charge on any atom is 0.363 e. The summed E-state index contributed by atoms with van der Waals surface area (Å²) in [5, 5.41) is 2.69. The van der Waals surface area contributed by atoms with Crippen molar-refractivity contribution in [2.24, 2.45) is 4.99 Å². The number of hydrogen-bond donors (Lipinski definition) is 1. The molecule has 31 heavy (non-hydrogen) atoms. The number of carbonyl (C=O) groups excluding carboxylic acids is 2. The molecule has 3 rings (SSSR count). The number of aliphatic imine (C=N–C) groups is 1. The highest BCUT2D eigenvalue weighted by Gasteiger charge is 2.24. The van der Waals surface area contributed by atoms with E-state index in [0.29, 0.717) is 36.0 Å². The second-order valence-corrected chi connectivity index (χ2v) is 6.94. The van der Waals surface area contributed by atoms with Crippen molar-refractivity contribution in [1.82, 2.24) is 0 Å². The minimum atomic E-state index is -0.526. The summed E-state index contributed by atoms with van der Waals surface area (Å²) in [6, 6.07) is 12.4. The van der Waals surface area contributed by atoms with Crippen LogP contribution in [-0.4, -0.2) is 31.0 Å². The normalized spacial score (nSPS) is 14.2. The highest BCUT2D eigenvalue weighted by atomic mass is 16.6. The Morgan fingerprint density at radius 3 is 2.55 bits per heavy atom. The quantitative estimate of drug-likeness (QED) is 0.363. The third-order valence-corrected chi connectivity index (χ3v) is 4.40. The highest BCUT2D eigenvalue weighted by molar-refractivity contribution is 6.13. The lowest BCUT2D eigenvalue weighted by atomic mass is 10.1. The van der Waals surface area contributed by atoms with Gasteiger partial charge in [0, 0.05) is 18.2 Å². The molecule has 0 unspecified atom stereocenters. The van der Waals surface area contributed by atoms with Gasteiger partial charge >= 0.3 is 5.97 Å². The van der Waals surface area contributed by atoms with Gasteiger partial charge in [-0.2, -0.15) is 0 Å². The molecule has 2 aromatic carbocycles. The molecular weight excluding hydrogens is 396 g/mol. The van der Waals surface area contributed by atoms with E-state index in [2.05, 4.69) is 17.2 Å². The van der Waals surface area contributed by atoms with Crippen LogP contribution in [0, 0.1) is 0 Å². The minimum Gasteiger partial charge on any atom is -0.490 e. The molecule has 1 heterocycles. The number of cyclic esters (lactones) is 1. The van der Waals surface area contributed by atoms with E-state index in [1.165, 1.54) is 6.92 Å². The fourth-order valence-electron chi connectivity index (χ4n) is 2.92. The number of ether oxygens (including phenoxy) is 3. The smallest absolute Gasteiger partial charge is 0.363 e. The molecule has 0 radical (unpaired) electrons. The number of benzene rings is 2.